The van der Waals surface area contributed by atoms with Gasteiger partial charge < -0.3 is 4.98 Å². The average molecular weight is 232 g/mol. The highest BCUT2D eigenvalue weighted by Gasteiger charge is 2.03. The molecule has 0 saturated heterocycles. The molecule has 1 N–H and O–H groups in total. The van der Waals surface area contributed by atoms with Gasteiger partial charge in [-0.3, -0.25) is 0 Å². The summed E-state index contributed by atoms with van der Waals surface area (Å²) in [4.78, 5) is 7.63. The van der Waals surface area contributed by atoms with Crippen LogP contribution in [0.25, 0.3) is 22.2 Å². The van der Waals surface area contributed by atoms with Gasteiger partial charge in [0, 0.05) is 0 Å². The number of aromatic nitrogens is 2. The van der Waals surface area contributed by atoms with Crippen LogP contribution in [0.4, 0.5) is 0 Å². The Balaban J connectivity index is 2.13. The van der Waals surface area contributed by atoms with Crippen molar-refractivity contribution < 1.29 is 0 Å². The fourth-order valence-electron chi connectivity index (χ4n) is 2.00. The quantitative estimate of drug-likeness (QED) is 0.638. The highest BCUT2D eigenvalue weighted by Crippen LogP contribution is 2.22. The van der Waals surface area contributed by atoms with Gasteiger partial charge in [-0.15, -0.1) is 0 Å². The molecule has 0 spiro atoms. The van der Waals surface area contributed by atoms with Crippen LogP contribution in [0, 0.1) is 11.8 Å². The van der Waals surface area contributed by atoms with Crippen molar-refractivity contribution in [2.24, 2.45) is 0 Å². The number of rotatable bonds is 1. The van der Waals surface area contributed by atoms with Gasteiger partial charge in [0.25, 0.3) is 0 Å². The molecule has 0 aliphatic rings. The standard InChI is InChI=1S/C16H12N2/c1-2-6-16-17-14-10-9-13(11-15(14)18-16)12-7-4-3-5-8-12/h3-5,7-11H,1H3,(H,17,18). The SMILES string of the molecule is CC#Cc1nc2ccc(-c3ccccc3)cc2[nH]1. The molecule has 0 aliphatic heterocycles. The fraction of sp³-hybridized carbons (Fsp3) is 0.0625. The summed E-state index contributed by atoms with van der Waals surface area (Å²) in [5, 5.41) is 0. The summed E-state index contributed by atoms with van der Waals surface area (Å²) in [6.45, 7) is 1.81. The Morgan fingerprint density at radius 1 is 1.00 bits per heavy atom. The van der Waals surface area contributed by atoms with Crippen molar-refractivity contribution in [3.05, 3.63) is 54.4 Å². The second-order valence-electron chi connectivity index (χ2n) is 4.06. The van der Waals surface area contributed by atoms with Gasteiger partial charge in [0.15, 0.2) is 5.82 Å². The predicted molar refractivity (Wildman–Crippen MR) is 74.1 cm³/mol. The maximum absolute atomic E-state index is 4.41. The molecule has 1 heterocycles. The molecule has 0 amide bonds. The molecule has 0 bridgehead atoms. The molecule has 2 aromatic carbocycles. The molecule has 3 aromatic rings. The van der Waals surface area contributed by atoms with Crippen molar-refractivity contribution in [1.82, 2.24) is 9.97 Å². The van der Waals surface area contributed by atoms with E-state index in [0.29, 0.717) is 0 Å². The second-order valence-corrected chi connectivity index (χ2v) is 4.06. The summed E-state index contributed by atoms with van der Waals surface area (Å²) in [7, 11) is 0. The number of fused-ring (bicyclic) bond motifs is 1. The number of nitrogens with zero attached hydrogens (tertiary/aromatic N) is 1. The first-order valence-corrected chi connectivity index (χ1v) is 5.85. The van der Waals surface area contributed by atoms with E-state index in [9.17, 15) is 0 Å². The van der Waals surface area contributed by atoms with E-state index in [4.69, 9.17) is 0 Å². The molecule has 2 nitrogen and oxygen atoms in total. The maximum Gasteiger partial charge on any atom is 0.183 e. The van der Waals surface area contributed by atoms with Crippen LogP contribution in [-0.2, 0) is 0 Å². The smallest absolute Gasteiger partial charge is 0.183 e. The van der Waals surface area contributed by atoms with Gasteiger partial charge in [0.05, 0.1) is 11.0 Å². The molecule has 0 atom stereocenters. The monoisotopic (exact) mass is 232 g/mol. The molecule has 2 heteroatoms. The number of imidazole rings is 1. The highest BCUT2D eigenvalue weighted by atomic mass is 14.9. The van der Waals surface area contributed by atoms with Crippen molar-refractivity contribution >= 4 is 11.0 Å². The third-order valence-corrected chi connectivity index (χ3v) is 2.83. The molecular weight excluding hydrogens is 220 g/mol. The topological polar surface area (TPSA) is 28.7 Å². The van der Waals surface area contributed by atoms with Crippen molar-refractivity contribution in [2.75, 3.05) is 0 Å². The first kappa shape index (κ1) is 10.6. The molecule has 0 fully saturated rings. The van der Waals surface area contributed by atoms with Gasteiger partial charge in [0.1, 0.15) is 0 Å². The second kappa shape index (κ2) is 4.38. The summed E-state index contributed by atoms with van der Waals surface area (Å²) in [5.74, 6) is 6.51. The van der Waals surface area contributed by atoms with Crippen molar-refractivity contribution in [3.8, 4) is 23.0 Å². The summed E-state index contributed by atoms with van der Waals surface area (Å²) < 4.78 is 0. The zero-order chi connectivity index (χ0) is 12.4. The van der Waals surface area contributed by atoms with Gasteiger partial charge in [-0.05, 0) is 36.1 Å². The van der Waals surface area contributed by atoms with Crippen LogP contribution in [0.1, 0.15) is 12.7 Å². The lowest BCUT2D eigenvalue weighted by Crippen LogP contribution is -1.77. The Morgan fingerprint density at radius 2 is 1.83 bits per heavy atom. The summed E-state index contributed by atoms with van der Waals surface area (Å²) >= 11 is 0. The molecule has 0 unspecified atom stereocenters. The Bertz CT molecular complexity index is 743. The van der Waals surface area contributed by atoms with Gasteiger partial charge in [0.2, 0.25) is 0 Å². The maximum atomic E-state index is 4.41. The normalized spacial score (nSPS) is 10.1. The molecule has 86 valence electrons. The zero-order valence-corrected chi connectivity index (χ0v) is 10.1. The number of hydrogen-bond acceptors (Lipinski definition) is 1. The highest BCUT2D eigenvalue weighted by molar-refractivity contribution is 5.82. The lowest BCUT2D eigenvalue weighted by molar-refractivity contribution is 1.28. The zero-order valence-electron chi connectivity index (χ0n) is 10.1. The Morgan fingerprint density at radius 3 is 2.61 bits per heavy atom. The van der Waals surface area contributed by atoms with Gasteiger partial charge >= 0.3 is 0 Å². The van der Waals surface area contributed by atoms with E-state index >= 15 is 0 Å². The Hall–Kier alpha value is -2.53. The molecule has 0 radical (unpaired) electrons. The lowest BCUT2D eigenvalue weighted by Gasteiger charge is -2.00. The van der Waals surface area contributed by atoms with E-state index < -0.39 is 0 Å². The number of hydrogen-bond donors (Lipinski definition) is 1. The summed E-state index contributed by atoms with van der Waals surface area (Å²) in [5.41, 5.74) is 4.36. The first-order valence-electron chi connectivity index (χ1n) is 5.85. The van der Waals surface area contributed by atoms with Crippen molar-refractivity contribution in [3.63, 3.8) is 0 Å². The average Bonchev–Trinajstić information content (AvgIpc) is 2.81. The van der Waals surface area contributed by atoms with Crippen LogP contribution in [0.15, 0.2) is 48.5 Å². The van der Waals surface area contributed by atoms with Gasteiger partial charge in [-0.1, -0.05) is 42.3 Å². The van der Waals surface area contributed by atoms with E-state index in [-0.39, 0.29) is 0 Å². The van der Waals surface area contributed by atoms with Crippen LogP contribution >= 0.6 is 0 Å². The number of aromatic amines is 1. The molecule has 0 saturated carbocycles. The third kappa shape index (κ3) is 1.87. The molecule has 1 aromatic heterocycles. The lowest BCUT2D eigenvalue weighted by atomic mass is 10.1. The fourth-order valence-corrected chi connectivity index (χ4v) is 2.00. The van der Waals surface area contributed by atoms with E-state index in [1.807, 2.05) is 31.2 Å². The first-order chi connectivity index (χ1) is 8.86. The minimum absolute atomic E-state index is 0.720. The van der Waals surface area contributed by atoms with Crippen LogP contribution in [0.3, 0.4) is 0 Å². The van der Waals surface area contributed by atoms with Crippen molar-refractivity contribution in [1.29, 1.82) is 0 Å². The Labute approximate surface area is 106 Å². The van der Waals surface area contributed by atoms with Crippen molar-refractivity contribution in [2.45, 2.75) is 6.92 Å². The minimum Gasteiger partial charge on any atom is -0.331 e. The van der Waals surface area contributed by atoms with E-state index in [1.165, 1.54) is 11.1 Å². The predicted octanol–water partition coefficient (Wildman–Crippen LogP) is 3.60. The largest absolute Gasteiger partial charge is 0.331 e. The molecular formula is C16H12N2. The van der Waals surface area contributed by atoms with Crippen LogP contribution in [0.2, 0.25) is 0 Å². The van der Waals surface area contributed by atoms with E-state index in [0.717, 1.165) is 16.9 Å². The molecule has 18 heavy (non-hydrogen) atoms. The number of H-pyrrole nitrogens is 1. The minimum atomic E-state index is 0.720. The summed E-state index contributed by atoms with van der Waals surface area (Å²) in [6.07, 6.45) is 0. The number of benzene rings is 2. The van der Waals surface area contributed by atoms with E-state index in [2.05, 4.69) is 46.1 Å². The third-order valence-electron chi connectivity index (χ3n) is 2.83. The molecule has 3 rings (SSSR count). The van der Waals surface area contributed by atoms with Crippen LogP contribution < -0.4 is 0 Å². The summed E-state index contributed by atoms with van der Waals surface area (Å²) in [6, 6.07) is 16.5. The number of nitrogens with one attached hydrogen (secondary N) is 1. The Kier molecular flexibility index (Phi) is 2.59. The van der Waals surface area contributed by atoms with Crippen LogP contribution in [-0.4, -0.2) is 9.97 Å². The molecule has 0 aliphatic carbocycles. The van der Waals surface area contributed by atoms with E-state index in [1.54, 1.807) is 0 Å². The van der Waals surface area contributed by atoms with Crippen LogP contribution in [0.5, 0.6) is 0 Å². The van der Waals surface area contributed by atoms with Gasteiger partial charge in [-0.25, -0.2) is 4.98 Å². The van der Waals surface area contributed by atoms with Gasteiger partial charge in [-0.2, -0.15) is 0 Å².